The average Bonchev–Trinajstić information content (AvgIpc) is 2.32. The van der Waals surface area contributed by atoms with Crippen molar-refractivity contribution in [2.75, 3.05) is 14.1 Å². The summed E-state index contributed by atoms with van der Waals surface area (Å²) in [6, 6.07) is 0. The van der Waals surface area contributed by atoms with Crippen molar-refractivity contribution in [1.29, 1.82) is 0 Å². The molecular formula is C14H22N2O. The number of nitrogens with zero attached hydrogens (tertiary/aromatic N) is 1. The van der Waals surface area contributed by atoms with Crippen LogP contribution in [0.5, 0.6) is 0 Å². The van der Waals surface area contributed by atoms with E-state index >= 15 is 0 Å². The Morgan fingerprint density at radius 1 is 1.24 bits per heavy atom. The van der Waals surface area contributed by atoms with Crippen LogP contribution >= 0.6 is 0 Å². The minimum atomic E-state index is -0.118. The number of carbonyl (C=O) groups excluding carboxylic acids is 1. The molecule has 0 saturated carbocycles. The lowest BCUT2D eigenvalue weighted by molar-refractivity contribution is -0.117. The molecule has 0 aromatic rings. The van der Waals surface area contributed by atoms with Crippen molar-refractivity contribution in [2.24, 2.45) is 0 Å². The van der Waals surface area contributed by atoms with Gasteiger partial charge >= 0.3 is 0 Å². The third kappa shape index (κ3) is 4.31. The lowest BCUT2D eigenvalue weighted by Crippen LogP contribution is -2.31. The number of carbonyl (C=O) groups is 1. The molecule has 3 nitrogen and oxygen atoms in total. The topological polar surface area (TPSA) is 32.3 Å². The quantitative estimate of drug-likeness (QED) is 0.586. The number of rotatable bonds is 5. The maximum absolute atomic E-state index is 12.0. The molecule has 0 aliphatic rings. The second-order valence-electron chi connectivity index (χ2n) is 4.00. The standard InChI is InChI=1S/C14H22N2O/c1-8-10(3)11(4)12(5)14(17)15-13(9-2)16(6)7/h8-9H,1,3H2,2,4-7H3,(H,15,17)/b12-11+,13-9-. The molecule has 0 spiro atoms. The molecular weight excluding hydrogens is 212 g/mol. The summed E-state index contributed by atoms with van der Waals surface area (Å²) in [6.07, 6.45) is 3.50. The Labute approximate surface area is 104 Å². The zero-order valence-corrected chi connectivity index (χ0v) is 11.4. The molecule has 3 heteroatoms. The molecule has 0 aliphatic heterocycles. The van der Waals surface area contributed by atoms with Crippen molar-refractivity contribution in [2.45, 2.75) is 20.8 Å². The first-order chi connectivity index (χ1) is 7.84. The summed E-state index contributed by atoms with van der Waals surface area (Å²) in [4.78, 5) is 13.8. The normalized spacial score (nSPS) is 12.6. The van der Waals surface area contributed by atoms with Crippen LogP contribution in [0.2, 0.25) is 0 Å². The lowest BCUT2D eigenvalue weighted by Gasteiger charge is -2.18. The van der Waals surface area contributed by atoms with E-state index in [1.54, 1.807) is 13.0 Å². The molecule has 0 radical (unpaired) electrons. The largest absolute Gasteiger partial charge is 0.364 e. The summed E-state index contributed by atoms with van der Waals surface area (Å²) in [6.45, 7) is 13.0. The Bertz CT molecular complexity index is 387. The molecule has 94 valence electrons. The van der Waals surface area contributed by atoms with E-state index in [-0.39, 0.29) is 5.91 Å². The van der Waals surface area contributed by atoms with Crippen LogP contribution in [0.4, 0.5) is 0 Å². The van der Waals surface area contributed by atoms with Crippen LogP contribution in [0.3, 0.4) is 0 Å². The fraction of sp³-hybridized carbons (Fsp3) is 0.357. The van der Waals surface area contributed by atoms with Gasteiger partial charge in [0.05, 0.1) is 0 Å². The molecule has 0 unspecified atom stereocenters. The Kier molecular flexibility index (Phi) is 6.03. The van der Waals surface area contributed by atoms with Crippen molar-refractivity contribution in [3.8, 4) is 0 Å². The fourth-order valence-corrected chi connectivity index (χ4v) is 1.22. The second kappa shape index (κ2) is 6.74. The third-order valence-corrected chi connectivity index (χ3v) is 2.63. The van der Waals surface area contributed by atoms with Crippen molar-refractivity contribution < 1.29 is 4.79 Å². The Hall–Kier alpha value is -1.77. The SMILES string of the molecule is C=CC(=C)/C(C)=C(\C)C(=O)N/C(=C/C)N(C)C. The van der Waals surface area contributed by atoms with Gasteiger partial charge in [0.25, 0.3) is 5.91 Å². The summed E-state index contributed by atoms with van der Waals surface area (Å²) < 4.78 is 0. The van der Waals surface area contributed by atoms with Crippen LogP contribution in [0.1, 0.15) is 20.8 Å². The number of allylic oxidation sites excluding steroid dienone is 4. The molecule has 0 aromatic carbocycles. The van der Waals surface area contributed by atoms with Gasteiger partial charge in [-0.25, -0.2) is 0 Å². The fourth-order valence-electron chi connectivity index (χ4n) is 1.22. The molecule has 0 aromatic heterocycles. The summed E-state index contributed by atoms with van der Waals surface area (Å²) in [5.74, 6) is 0.652. The first-order valence-corrected chi connectivity index (χ1v) is 5.49. The number of hydrogen-bond donors (Lipinski definition) is 1. The van der Waals surface area contributed by atoms with Crippen LogP contribution in [-0.4, -0.2) is 24.9 Å². The van der Waals surface area contributed by atoms with E-state index in [2.05, 4.69) is 18.5 Å². The zero-order chi connectivity index (χ0) is 13.6. The molecule has 0 heterocycles. The van der Waals surface area contributed by atoms with Crippen LogP contribution in [0, 0.1) is 0 Å². The molecule has 0 aliphatic carbocycles. The number of nitrogens with one attached hydrogen (secondary N) is 1. The Morgan fingerprint density at radius 3 is 2.12 bits per heavy atom. The highest BCUT2D eigenvalue weighted by molar-refractivity contribution is 5.95. The van der Waals surface area contributed by atoms with E-state index in [9.17, 15) is 4.79 Å². The van der Waals surface area contributed by atoms with Gasteiger partial charge in [-0.1, -0.05) is 19.2 Å². The van der Waals surface area contributed by atoms with Crippen LogP contribution in [0.25, 0.3) is 0 Å². The van der Waals surface area contributed by atoms with Gasteiger partial charge in [-0.05, 0) is 38.0 Å². The summed E-state index contributed by atoms with van der Waals surface area (Å²) >= 11 is 0. The van der Waals surface area contributed by atoms with E-state index in [1.165, 1.54) is 0 Å². The first-order valence-electron chi connectivity index (χ1n) is 5.49. The van der Waals surface area contributed by atoms with E-state index in [1.807, 2.05) is 38.9 Å². The Balaban J connectivity index is 4.96. The van der Waals surface area contributed by atoms with E-state index in [4.69, 9.17) is 0 Å². The summed E-state index contributed by atoms with van der Waals surface area (Å²) in [7, 11) is 3.76. The third-order valence-electron chi connectivity index (χ3n) is 2.63. The smallest absolute Gasteiger partial charge is 0.252 e. The van der Waals surface area contributed by atoms with Crippen molar-refractivity contribution in [3.63, 3.8) is 0 Å². The van der Waals surface area contributed by atoms with Gasteiger partial charge in [-0.2, -0.15) is 0 Å². The molecule has 1 N–H and O–H groups in total. The molecule has 0 saturated heterocycles. The van der Waals surface area contributed by atoms with Crippen LogP contribution < -0.4 is 5.32 Å². The highest BCUT2D eigenvalue weighted by Gasteiger charge is 2.10. The highest BCUT2D eigenvalue weighted by Crippen LogP contribution is 2.13. The molecule has 17 heavy (non-hydrogen) atoms. The van der Waals surface area contributed by atoms with Gasteiger partial charge in [0.2, 0.25) is 0 Å². The summed E-state index contributed by atoms with van der Waals surface area (Å²) in [5.41, 5.74) is 2.27. The zero-order valence-electron chi connectivity index (χ0n) is 11.4. The predicted octanol–water partition coefficient (Wildman–Crippen LogP) is 2.60. The van der Waals surface area contributed by atoms with Crippen molar-refractivity contribution in [1.82, 2.24) is 10.2 Å². The van der Waals surface area contributed by atoms with Gasteiger partial charge in [0.1, 0.15) is 5.82 Å². The first kappa shape index (κ1) is 15.2. The van der Waals surface area contributed by atoms with Crippen LogP contribution in [0.15, 0.2) is 47.9 Å². The Morgan fingerprint density at radius 2 is 1.76 bits per heavy atom. The minimum Gasteiger partial charge on any atom is -0.364 e. The predicted molar refractivity (Wildman–Crippen MR) is 73.3 cm³/mol. The molecule has 0 fully saturated rings. The maximum Gasteiger partial charge on any atom is 0.252 e. The van der Waals surface area contributed by atoms with Crippen molar-refractivity contribution in [3.05, 3.63) is 47.9 Å². The van der Waals surface area contributed by atoms with Gasteiger partial charge in [0, 0.05) is 19.7 Å². The van der Waals surface area contributed by atoms with E-state index in [0.717, 1.165) is 17.0 Å². The lowest BCUT2D eigenvalue weighted by atomic mass is 10.0. The van der Waals surface area contributed by atoms with E-state index < -0.39 is 0 Å². The van der Waals surface area contributed by atoms with Gasteiger partial charge in [-0.15, -0.1) is 0 Å². The minimum absolute atomic E-state index is 0.118. The number of hydrogen-bond acceptors (Lipinski definition) is 2. The monoisotopic (exact) mass is 234 g/mol. The highest BCUT2D eigenvalue weighted by atomic mass is 16.1. The molecule has 0 atom stereocenters. The number of amides is 1. The molecule has 0 rings (SSSR count). The van der Waals surface area contributed by atoms with Gasteiger partial charge < -0.3 is 10.2 Å². The molecule has 0 bridgehead atoms. The second-order valence-corrected chi connectivity index (χ2v) is 4.00. The van der Waals surface area contributed by atoms with Crippen molar-refractivity contribution >= 4 is 5.91 Å². The van der Waals surface area contributed by atoms with Gasteiger partial charge in [-0.3, -0.25) is 4.79 Å². The summed E-state index contributed by atoms with van der Waals surface area (Å²) in [5, 5.41) is 2.84. The average molecular weight is 234 g/mol. The van der Waals surface area contributed by atoms with Crippen LogP contribution in [-0.2, 0) is 4.79 Å². The van der Waals surface area contributed by atoms with Gasteiger partial charge in [0.15, 0.2) is 0 Å². The maximum atomic E-state index is 12.0. The molecule has 1 amide bonds. The van der Waals surface area contributed by atoms with E-state index in [0.29, 0.717) is 5.57 Å².